The molecule has 0 aromatic carbocycles. The van der Waals surface area contributed by atoms with Crippen LogP contribution < -0.4 is 5.48 Å². The van der Waals surface area contributed by atoms with Gasteiger partial charge in [0.1, 0.15) is 0 Å². The predicted molar refractivity (Wildman–Crippen MR) is 36.9 cm³/mol. The lowest BCUT2D eigenvalue weighted by Gasteiger charge is -2.17. The Balaban J connectivity index is 0. The molecule has 56 valence electrons. The fraction of sp³-hybridized carbons (Fsp3) is 0.800. The summed E-state index contributed by atoms with van der Waals surface area (Å²) in [4.78, 5) is 10.5. The van der Waals surface area contributed by atoms with Crippen LogP contribution in [0.25, 0.3) is 0 Å². The highest BCUT2D eigenvalue weighted by Crippen LogP contribution is 1.99. The monoisotopic (exact) mass is 153 g/mol. The van der Waals surface area contributed by atoms with Gasteiger partial charge in [0.25, 0.3) is 0 Å². The van der Waals surface area contributed by atoms with E-state index in [0.717, 1.165) is 0 Å². The smallest absolute Gasteiger partial charge is 0.151 e. The molecule has 2 N–H and O–H groups in total. The van der Waals surface area contributed by atoms with E-state index in [-0.39, 0.29) is 18.2 Å². The summed E-state index contributed by atoms with van der Waals surface area (Å²) in [5, 5.41) is 8.29. The van der Waals surface area contributed by atoms with Crippen molar-refractivity contribution in [3.8, 4) is 0 Å². The zero-order chi connectivity index (χ0) is 6.78. The Morgan fingerprint density at radius 3 is 1.89 bits per heavy atom. The number of rotatable bonds is 2. The largest absolute Gasteiger partial charge is 0.316 e. The van der Waals surface area contributed by atoms with Crippen LogP contribution in [0.3, 0.4) is 0 Å². The summed E-state index contributed by atoms with van der Waals surface area (Å²) < 4.78 is 0. The van der Waals surface area contributed by atoms with E-state index in [1.54, 1.807) is 13.8 Å². The summed E-state index contributed by atoms with van der Waals surface area (Å²) in [5.74, 6) is -0.0833. The second-order valence-corrected chi connectivity index (χ2v) is 2.29. The van der Waals surface area contributed by atoms with Gasteiger partial charge in [-0.2, -0.15) is 5.48 Å². The zero-order valence-corrected chi connectivity index (χ0v) is 6.58. The van der Waals surface area contributed by atoms with Crippen molar-refractivity contribution < 1.29 is 10.0 Å². The van der Waals surface area contributed by atoms with Crippen molar-refractivity contribution in [1.82, 2.24) is 5.48 Å². The minimum absolute atomic E-state index is 0. The Morgan fingerprint density at radius 1 is 1.56 bits per heavy atom. The van der Waals surface area contributed by atoms with Crippen molar-refractivity contribution in [3.63, 3.8) is 0 Å². The van der Waals surface area contributed by atoms with E-state index < -0.39 is 5.54 Å². The van der Waals surface area contributed by atoms with Gasteiger partial charge >= 0.3 is 0 Å². The highest BCUT2D eigenvalue weighted by molar-refractivity contribution is 5.85. The molecule has 0 bridgehead atoms. The second-order valence-electron chi connectivity index (χ2n) is 2.29. The van der Waals surface area contributed by atoms with Crippen LogP contribution >= 0.6 is 12.4 Å². The predicted octanol–water partition coefficient (Wildman–Crippen LogP) is 0.755. The van der Waals surface area contributed by atoms with Crippen LogP contribution in [0, 0.1) is 0 Å². The van der Waals surface area contributed by atoms with E-state index in [1.807, 2.05) is 5.48 Å². The highest BCUT2D eigenvalue weighted by atomic mass is 35.5. The van der Waals surface area contributed by atoms with Gasteiger partial charge in [-0.15, -0.1) is 12.4 Å². The highest BCUT2D eigenvalue weighted by Gasteiger charge is 2.21. The van der Waals surface area contributed by atoms with E-state index in [1.165, 1.54) is 6.92 Å². The minimum Gasteiger partial charge on any atom is -0.316 e. The second kappa shape index (κ2) is 3.82. The van der Waals surface area contributed by atoms with Crippen LogP contribution in [-0.4, -0.2) is 16.5 Å². The summed E-state index contributed by atoms with van der Waals surface area (Å²) in [6.07, 6.45) is 0. The van der Waals surface area contributed by atoms with Gasteiger partial charge in [0, 0.05) is 0 Å². The summed E-state index contributed by atoms with van der Waals surface area (Å²) in [6.45, 7) is 4.63. The molecule has 0 aliphatic heterocycles. The van der Waals surface area contributed by atoms with E-state index >= 15 is 0 Å². The van der Waals surface area contributed by atoms with Crippen molar-refractivity contribution >= 4 is 18.2 Å². The average Bonchev–Trinajstić information content (AvgIpc) is 1.67. The van der Waals surface area contributed by atoms with Gasteiger partial charge in [-0.05, 0) is 20.8 Å². The van der Waals surface area contributed by atoms with Crippen molar-refractivity contribution in [1.29, 1.82) is 0 Å². The molecule has 0 aliphatic rings. The topological polar surface area (TPSA) is 49.3 Å². The van der Waals surface area contributed by atoms with E-state index in [9.17, 15) is 4.79 Å². The Labute approximate surface area is 60.8 Å². The Morgan fingerprint density at radius 2 is 1.89 bits per heavy atom. The third-order valence-electron chi connectivity index (χ3n) is 1.16. The first-order chi connectivity index (χ1) is 3.50. The van der Waals surface area contributed by atoms with Gasteiger partial charge in [0.15, 0.2) is 5.78 Å². The van der Waals surface area contributed by atoms with E-state index in [4.69, 9.17) is 5.21 Å². The molecule has 3 nitrogen and oxygen atoms in total. The summed E-state index contributed by atoms with van der Waals surface area (Å²) >= 11 is 0. The van der Waals surface area contributed by atoms with Crippen molar-refractivity contribution in [2.45, 2.75) is 26.3 Å². The van der Waals surface area contributed by atoms with Crippen LogP contribution in [0.5, 0.6) is 0 Å². The number of Topliss-reactive ketones (excluding diaryl/α,β-unsaturated/α-hetero) is 1. The molecule has 0 unspecified atom stereocenters. The maximum Gasteiger partial charge on any atom is 0.151 e. The Kier molecular flexibility index (Phi) is 4.95. The molecule has 0 fully saturated rings. The van der Waals surface area contributed by atoms with Crippen molar-refractivity contribution in [2.75, 3.05) is 0 Å². The average molecular weight is 154 g/mol. The summed E-state index contributed by atoms with van der Waals surface area (Å²) in [6, 6.07) is 0. The van der Waals surface area contributed by atoms with E-state index in [0.29, 0.717) is 0 Å². The molecule has 0 spiro atoms. The fourth-order valence-corrected chi connectivity index (χ4v) is 0.0787. The molecule has 0 saturated heterocycles. The number of carbonyl (C=O) groups is 1. The third-order valence-corrected chi connectivity index (χ3v) is 1.16. The normalized spacial score (nSPS) is 10.2. The molecule has 0 amide bonds. The molecule has 0 aromatic heterocycles. The van der Waals surface area contributed by atoms with Gasteiger partial charge in [-0.25, -0.2) is 0 Å². The molecule has 9 heavy (non-hydrogen) atoms. The Hall–Kier alpha value is -0.120. The number of hydrogen-bond donors (Lipinski definition) is 2. The van der Waals surface area contributed by atoms with Crippen molar-refractivity contribution in [3.05, 3.63) is 0 Å². The number of carbonyl (C=O) groups excluding carboxylic acids is 1. The van der Waals surface area contributed by atoms with Gasteiger partial charge in [-0.3, -0.25) is 4.79 Å². The summed E-state index contributed by atoms with van der Waals surface area (Å²) in [7, 11) is 0. The quantitative estimate of drug-likeness (QED) is 0.576. The number of hydrogen-bond acceptors (Lipinski definition) is 3. The maximum atomic E-state index is 10.5. The standard InChI is InChI=1S/C5H11NO2.ClH/c1-4(7)5(2,3)6-8;/h6,8H,1-3H3;1H. The number of halogens is 1. The third kappa shape index (κ3) is 3.46. The first-order valence-electron chi connectivity index (χ1n) is 2.43. The van der Waals surface area contributed by atoms with Gasteiger partial charge < -0.3 is 5.21 Å². The molecule has 0 heterocycles. The van der Waals surface area contributed by atoms with Gasteiger partial charge in [0.05, 0.1) is 5.54 Å². The van der Waals surface area contributed by atoms with Crippen molar-refractivity contribution in [2.24, 2.45) is 0 Å². The fourth-order valence-electron chi connectivity index (χ4n) is 0.0787. The number of ketones is 1. The molecule has 4 heteroatoms. The SMILES string of the molecule is CC(=O)C(C)(C)NO.Cl. The molecular formula is C5H12ClNO2. The number of hydroxylamine groups is 1. The lowest BCUT2D eigenvalue weighted by molar-refractivity contribution is -0.125. The molecule has 0 aliphatic carbocycles. The molecule has 0 atom stereocenters. The van der Waals surface area contributed by atoms with Gasteiger partial charge in [-0.1, -0.05) is 0 Å². The number of nitrogens with one attached hydrogen (secondary N) is 1. The molecule has 0 saturated carbocycles. The Bertz CT molecular complexity index is 103. The van der Waals surface area contributed by atoms with Crippen LogP contribution in [0.4, 0.5) is 0 Å². The zero-order valence-electron chi connectivity index (χ0n) is 5.76. The van der Waals surface area contributed by atoms with Crippen LogP contribution in [-0.2, 0) is 4.79 Å². The lowest BCUT2D eigenvalue weighted by Crippen LogP contribution is -2.43. The van der Waals surface area contributed by atoms with E-state index in [2.05, 4.69) is 0 Å². The molecule has 0 aromatic rings. The molecule has 0 rings (SSSR count). The maximum absolute atomic E-state index is 10.5. The van der Waals surface area contributed by atoms with Crippen LogP contribution in [0.2, 0.25) is 0 Å². The molecular weight excluding hydrogens is 142 g/mol. The lowest BCUT2D eigenvalue weighted by atomic mass is 10.0. The first kappa shape index (κ1) is 11.6. The molecule has 0 radical (unpaired) electrons. The van der Waals surface area contributed by atoms with Crippen LogP contribution in [0.15, 0.2) is 0 Å². The van der Waals surface area contributed by atoms with Crippen LogP contribution in [0.1, 0.15) is 20.8 Å². The van der Waals surface area contributed by atoms with Gasteiger partial charge in [0.2, 0.25) is 0 Å². The summed E-state index contributed by atoms with van der Waals surface area (Å²) in [5.41, 5.74) is 1.10. The first-order valence-corrected chi connectivity index (χ1v) is 2.43. The minimum atomic E-state index is -0.792.